The van der Waals surface area contributed by atoms with Gasteiger partial charge in [0.2, 0.25) is 10.0 Å². The maximum absolute atomic E-state index is 12.9. The average molecular weight is 465 g/mol. The molecular formula is C18H26Cl2N4O4S. The van der Waals surface area contributed by atoms with Crippen LogP contribution in [0.15, 0.2) is 45.9 Å². The molecule has 1 amide bonds. The number of hydrogen-bond acceptors (Lipinski definition) is 6. The van der Waals surface area contributed by atoms with Gasteiger partial charge in [-0.3, -0.25) is 4.79 Å². The van der Waals surface area contributed by atoms with E-state index in [2.05, 4.69) is 17.1 Å². The van der Waals surface area contributed by atoms with Gasteiger partial charge in [-0.2, -0.15) is 4.31 Å². The van der Waals surface area contributed by atoms with E-state index in [1.165, 1.54) is 16.6 Å². The number of carbonyl (C=O) groups is 1. The van der Waals surface area contributed by atoms with Crippen molar-refractivity contribution >= 4 is 46.4 Å². The number of piperazine rings is 1. The number of likely N-dealkylation sites (N-methyl/N-ethyl adjacent to an activating group) is 1. The Kier molecular flexibility index (Phi) is 9.60. The maximum atomic E-state index is 12.9. The van der Waals surface area contributed by atoms with Crippen molar-refractivity contribution in [3.8, 4) is 0 Å². The van der Waals surface area contributed by atoms with Gasteiger partial charge in [-0.05, 0) is 30.8 Å². The maximum Gasteiger partial charge on any atom is 0.258 e. The summed E-state index contributed by atoms with van der Waals surface area (Å²) in [5.74, 6) is 0.118. The number of rotatable bonds is 6. The Balaban J connectivity index is 0.00000210. The van der Waals surface area contributed by atoms with Crippen LogP contribution in [0.5, 0.6) is 0 Å². The molecule has 1 saturated heterocycles. The molecule has 0 saturated carbocycles. The SMILES string of the molecule is CCN1CCN(S(=O)(=O)c2cccc(NC(=O)c3coc(CN)c3)c2)CC1.Cl.Cl. The normalized spacial score (nSPS) is 15.2. The Bertz CT molecular complexity index is 912. The summed E-state index contributed by atoms with van der Waals surface area (Å²) in [6.45, 7) is 5.54. The third-order valence-electron chi connectivity index (χ3n) is 4.63. The molecule has 3 N–H and O–H groups in total. The van der Waals surface area contributed by atoms with Crippen LogP contribution in [0.2, 0.25) is 0 Å². The highest BCUT2D eigenvalue weighted by Gasteiger charge is 2.28. The summed E-state index contributed by atoms with van der Waals surface area (Å²) in [6, 6.07) is 7.84. The summed E-state index contributed by atoms with van der Waals surface area (Å²) >= 11 is 0. The molecule has 1 aromatic carbocycles. The fraction of sp³-hybridized carbons (Fsp3) is 0.389. The number of hydrogen-bond donors (Lipinski definition) is 2. The van der Waals surface area contributed by atoms with E-state index in [9.17, 15) is 13.2 Å². The van der Waals surface area contributed by atoms with Crippen LogP contribution in [0, 0.1) is 0 Å². The fourth-order valence-electron chi connectivity index (χ4n) is 2.98. The van der Waals surface area contributed by atoms with Crippen LogP contribution in [0.1, 0.15) is 23.0 Å². The molecule has 3 rings (SSSR count). The van der Waals surface area contributed by atoms with Crippen LogP contribution in [-0.4, -0.2) is 56.3 Å². The quantitative estimate of drug-likeness (QED) is 0.677. The molecule has 0 unspecified atom stereocenters. The summed E-state index contributed by atoms with van der Waals surface area (Å²) in [5.41, 5.74) is 6.21. The van der Waals surface area contributed by atoms with Crippen LogP contribution in [-0.2, 0) is 16.6 Å². The Labute approximate surface area is 183 Å². The molecule has 162 valence electrons. The minimum absolute atomic E-state index is 0. The molecule has 0 bridgehead atoms. The second-order valence-electron chi connectivity index (χ2n) is 6.33. The van der Waals surface area contributed by atoms with Gasteiger partial charge in [0.1, 0.15) is 12.0 Å². The van der Waals surface area contributed by atoms with Crippen LogP contribution in [0.25, 0.3) is 0 Å². The van der Waals surface area contributed by atoms with Gasteiger partial charge in [-0.25, -0.2) is 8.42 Å². The molecule has 11 heteroatoms. The van der Waals surface area contributed by atoms with Crippen LogP contribution >= 0.6 is 24.8 Å². The highest BCUT2D eigenvalue weighted by molar-refractivity contribution is 7.89. The third-order valence-corrected chi connectivity index (χ3v) is 6.52. The predicted octanol–water partition coefficient (Wildman–Crippen LogP) is 2.16. The number of halogens is 2. The van der Waals surface area contributed by atoms with Gasteiger partial charge in [0, 0.05) is 31.9 Å². The number of anilines is 1. The molecule has 8 nitrogen and oxygen atoms in total. The van der Waals surface area contributed by atoms with Crippen LogP contribution in [0.4, 0.5) is 5.69 Å². The lowest BCUT2D eigenvalue weighted by atomic mass is 10.2. The van der Waals surface area contributed by atoms with E-state index in [1.807, 2.05) is 0 Å². The summed E-state index contributed by atoms with van der Waals surface area (Å²) in [5, 5.41) is 2.70. The van der Waals surface area contributed by atoms with Crippen molar-refractivity contribution < 1.29 is 17.6 Å². The van der Waals surface area contributed by atoms with Crippen molar-refractivity contribution in [3.05, 3.63) is 47.9 Å². The van der Waals surface area contributed by atoms with Crippen molar-refractivity contribution in [1.82, 2.24) is 9.21 Å². The highest BCUT2D eigenvalue weighted by Crippen LogP contribution is 2.21. The summed E-state index contributed by atoms with van der Waals surface area (Å²) in [4.78, 5) is 14.7. The molecule has 2 heterocycles. The van der Waals surface area contributed by atoms with Crippen molar-refractivity contribution in [2.75, 3.05) is 38.0 Å². The molecule has 0 aliphatic carbocycles. The first-order valence-electron chi connectivity index (χ1n) is 8.85. The van der Waals surface area contributed by atoms with Gasteiger partial charge in [0.15, 0.2) is 0 Å². The lowest BCUT2D eigenvalue weighted by Gasteiger charge is -2.33. The van der Waals surface area contributed by atoms with Gasteiger partial charge in [-0.1, -0.05) is 13.0 Å². The zero-order valence-corrected chi connectivity index (χ0v) is 18.5. The number of nitrogens with two attached hydrogens (primary N) is 1. The van der Waals surface area contributed by atoms with E-state index in [4.69, 9.17) is 10.2 Å². The average Bonchev–Trinajstić information content (AvgIpc) is 3.18. The number of furan rings is 1. The van der Waals surface area contributed by atoms with Gasteiger partial charge < -0.3 is 20.4 Å². The topological polar surface area (TPSA) is 109 Å². The first-order valence-corrected chi connectivity index (χ1v) is 10.3. The minimum Gasteiger partial charge on any atom is -0.467 e. The van der Waals surface area contributed by atoms with Crippen LogP contribution < -0.4 is 11.1 Å². The molecule has 1 aliphatic heterocycles. The molecule has 0 radical (unpaired) electrons. The molecule has 1 aromatic heterocycles. The van der Waals surface area contributed by atoms with E-state index in [-0.39, 0.29) is 42.2 Å². The number of nitrogens with zero attached hydrogens (tertiary/aromatic N) is 2. The predicted molar refractivity (Wildman–Crippen MR) is 116 cm³/mol. The van der Waals surface area contributed by atoms with Gasteiger partial charge in [0.05, 0.1) is 17.0 Å². The fourth-order valence-corrected chi connectivity index (χ4v) is 4.45. The summed E-state index contributed by atoms with van der Waals surface area (Å²) in [6.07, 6.45) is 1.32. The van der Waals surface area contributed by atoms with Crippen molar-refractivity contribution in [1.29, 1.82) is 0 Å². The van der Waals surface area contributed by atoms with E-state index in [0.717, 1.165) is 19.6 Å². The second-order valence-corrected chi connectivity index (χ2v) is 8.26. The van der Waals surface area contributed by atoms with E-state index in [0.29, 0.717) is 30.1 Å². The first-order chi connectivity index (χ1) is 12.9. The number of benzene rings is 1. The molecule has 0 atom stereocenters. The molecule has 0 spiro atoms. The summed E-state index contributed by atoms with van der Waals surface area (Å²) < 4.78 is 32.4. The third kappa shape index (κ3) is 5.94. The Morgan fingerprint density at radius 3 is 2.45 bits per heavy atom. The standard InChI is InChI=1S/C18H24N4O4S.2ClH/c1-2-21-6-8-22(9-7-21)27(24,25)17-5-3-4-15(11-17)20-18(23)14-10-16(12-19)26-13-14;;/h3-5,10-11,13H,2,6-9,12,19H2,1H3,(H,20,23);2*1H. The molecule has 29 heavy (non-hydrogen) atoms. The van der Waals surface area contributed by atoms with E-state index < -0.39 is 10.0 Å². The van der Waals surface area contributed by atoms with Gasteiger partial charge in [-0.15, -0.1) is 24.8 Å². The zero-order chi connectivity index (χ0) is 19.4. The number of nitrogens with one attached hydrogen (secondary N) is 1. The number of carbonyl (C=O) groups excluding carboxylic acids is 1. The molecule has 1 aliphatic rings. The minimum atomic E-state index is -3.60. The molecule has 2 aromatic rings. The highest BCUT2D eigenvalue weighted by atomic mass is 35.5. The molecular weight excluding hydrogens is 439 g/mol. The molecule has 1 fully saturated rings. The van der Waals surface area contributed by atoms with E-state index in [1.54, 1.807) is 24.3 Å². The Hall–Kier alpha value is -1.62. The zero-order valence-electron chi connectivity index (χ0n) is 16.0. The monoisotopic (exact) mass is 464 g/mol. The van der Waals surface area contributed by atoms with Crippen LogP contribution in [0.3, 0.4) is 0 Å². The lowest BCUT2D eigenvalue weighted by molar-refractivity contribution is 0.102. The van der Waals surface area contributed by atoms with E-state index >= 15 is 0 Å². The largest absolute Gasteiger partial charge is 0.467 e. The number of sulfonamides is 1. The second kappa shape index (κ2) is 11.0. The van der Waals surface area contributed by atoms with Crippen molar-refractivity contribution in [3.63, 3.8) is 0 Å². The van der Waals surface area contributed by atoms with Gasteiger partial charge in [0.25, 0.3) is 5.91 Å². The smallest absolute Gasteiger partial charge is 0.258 e. The Morgan fingerprint density at radius 1 is 1.17 bits per heavy atom. The van der Waals surface area contributed by atoms with Gasteiger partial charge >= 0.3 is 0 Å². The first kappa shape index (κ1) is 25.4. The van der Waals surface area contributed by atoms with Crippen molar-refractivity contribution in [2.24, 2.45) is 5.73 Å². The summed E-state index contributed by atoms with van der Waals surface area (Å²) in [7, 11) is -3.60. The number of amides is 1. The Morgan fingerprint density at radius 2 is 1.86 bits per heavy atom. The lowest BCUT2D eigenvalue weighted by Crippen LogP contribution is -2.48. The van der Waals surface area contributed by atoms with Crippen molar-refractivity contribution in [2.45, 2.75) is 18.4 Å².